The minimum absolute atomic E-state index is 0.0130. The molecule has 0 radical (unpaired) electrons. The minimum Gasteiger partial charge on any atom is -0.382 e. The Labute approximate surface area is 150 Å². The van der Waals surface area contributed by atoms with E-state index in [-0.39, 0.29) is 11.6 Å². The van der Waals surface area contributed by atoms with Gasteiger partial charge in [-0.3, -0.25) is 14.9 Å². The number of carbonyl (C=O) groups excluding carboxylic acids is 1. The highest BCUT2D eigenvalue weighted by atomic mass is 35.5. The standard InChI is InChI=1S/C18H18ClN3O3/c19-14-2-1-3-16(12-14)20-15-8-10-21(11-9-15)18(23)13-4-6-17(7-5-13)22(24)25/h1-7,12,15,20H,8-11H2. The summed E-state index contributed by atoms with van der Waals surface area (Å²) in [5.74, 6) is -0.0869. The molecule has 1 aliphatic rings. The summed E-state index contributed by atoms with van der Waals surface area (Å²) in [6.07, 6.45) is 1.68. The SMILES string of the molecule is O=C(c1ccc([N+](=O)[O-])cc1)N1CCC(Nc2cccc(Cl)c2)CC1. The Bertz CT molecular complexity index is 771. The molecule has 6 nitrogen and oxygen atoms in total. The molecule has 0 spiro atoms. The van der Waals surface area contributed by atoms with Crippen molar-refractivity contribution in [1.29, 1.82) is 0 Å². The van der Waals surface area contributed by atoms with Crippen LogP contribution in [0.4, 0.5) is 11.4 Å². The lowest BCUT2D eigenvalue weighted by molar-refractivity contribution is -0.384. The zero-order valence-electron chi connectivity index (χ0n) is 13.5. The molecule has 0 aromatic heterocycles. The summed E-state index contributed by atoms with van der Waals surface area (Å²) < 4.78 is 0. The molecule has 3 rings (SSSR count). The lowest BCUT2D eigenvalue weighted by Gasteiger charge is -2.33. The monoisotopic (exact) mass is 359 g/mol. The van der Waals surface area contributed by atoms with Gasteiger partial charge >= 0.3 is 0 Å². The van der Waals surface area contributed by atoms with Crippen LogP contribution in [0.15, 0.2) is 48.5 Å². The molecule has 2 aromatic carbocycles. The summed E-state index contributed by atoms with van der Waals surface area (Å²) in [5, 5.41) is 14.8. The fourth-order valence-electron chi connectivity index (χ4n) is 2.95. The van der Waals surface area contributed by atoms with E-state index in [1.807, 2.05) is 24.3 Å². The molecule has 0 aliphatic carbocycles. The molecule has 7 heteroatoms. The van der Waals surface area contributed by atoms with Crippen LogP contribution in [0.3, 0.4) is 0 Å². The topological polar surface area (TPSA) is 75.5 Å². The zero-order chi connectivity index (χ0) is 17.8. The molecular weight excluding hydrogens is 342 g/mol. The number of rotatable bonds is 4. The number of hydrogen-bond donors (Lipinski definition) is 1. The Morgan fingerprint density at radius 3 is 2.44 bits per heavy atom. The Kier molecular flexibility index (Phi) is 5.19. The van der Waals surface area contributed by atoms with Gasteiger partial charge in [0.15, 0.2) is 0 Å². The average Bonchev–Trinajstić information content (AvgIpc) is 2.62. The van der Waals surface area contributed by atoms with Crippen molar-refractivity contribution in [2.45, 2.75) is 18.9 Å². The summed E-state index contributed by atoms with van der Waals surface area (Å²) in [7, 11) is 0. The van der Waals surface area contributed by atoms with E-state index in [0.29, 0.717) is 29.7 Å². The van der Waals surface area contributed by atoms with Crippen LogP contribution in [0, 0.1) is 10.1 Å². The van der Waals surface area contributed by atoms with Gasteiger partial charge in [-0.25, -0.2) is 0 Å². The number of nitrogens with zero attached hydrogens (tertiary/aromatic N) is 2. The maximum atomic E-state index is 12.5. The number of non-ortho nitro benzene ring substituents is 1. The number of hydrogen-bond acceptors (Lipinski definition) is 4. The molecule has 1 amide bonds. The highest BCUT2D eigenvalue weighted by Gasteiger charge is 2.24. The number of likely N-dealkylation sites (tertiary alicyclic amines) is 1. The zero-order valence-corrected chi connectivity index (χ0v) is 14.3. The molecule has 0 unspecified atom stereocenters. The highest BCUT2D eigenvalue weighted by molar-refractivity contribution is 6.30. The normalized spacial score (nSPS) is 15.0. The number of piperidine rings is 1. The van der Waals surface area contributed by atoms with Crippen LogP contribution < -0.4 is 5.32 Å². The molecule has 1 saturated heterocycles. The van der Waals surface area contributed by atoms with E-state index in [4.69, 9.17) is 11.6 Å². The first-order chi connectivity index (χ1) is 12.0. The van der Waals surface area contributed by atoms with Crippen LogP contribution in [-0.2, 0) is 0 Å². The summed E-state index contributed by atoms with van der Waals surface area (Å²) in [6.45, 7) is 1.29. The van der Waals surface area contributed by atoms with Gasteiger partial charge in [-0.05, 0) is 43.2 Å². The van der Waals surface area contributed by atoms with Gasteiger partial charge in [0, 0.05) is 47.5 Å². The van der Waals surface area contributed by atoms with Gasteiger partial charge in [0.05, 0.1) is 4.92 Å². The smallest absolute Gasteiger partial charge is 0.269 e. The van der Waals surface area contributed by atoms with Crippen molar-refractivity contribution in [3.63, 3.8) is 0 Å². The molecule has 1 N–H and O–H groups in total. The van der Waals surface area contributed by atoms with Crippen molar-refractivity contribution in [2.75, 3.05) is 18.4 Å². The quantitative estimate of drug-likeness (QED) is 0.662. The van der Waals surface area contributed by atoms with Gasteiger partial charge in [-0.15, -0.1) is 0 Å². The third-order valence-electron chi connectivity index (χ3n) is 4.30. The second-order valence-electron chi connectivity index (χ2n) is 6.03. The average molecular weight is 360 g/mol. The van der Waals surface area contributed by atoms with E-state index < -0.39 is 4.92 Å². The predicted octanol–water partition coefficient (Wildman–Crippen LogP) is 3.96. The van der Waals surface area contributed by atoms with Gasteiger partial charge in [0.1, 0.15) is 0 Å². The first kappa shape index (κ1) is 17.2. The van der Waals surface area contributed by atoms with Crippen LogP contribution in [0.2, 0.25) is 5.02 Å². The summed E-state index contributed by atoms with van der Waals surface area (Å²) in [6, 6.07) is 13.6. The van der Waals surface area contributed by atoms with Crippen LogP contribution >= 0.6 is 11.6 Å². The fourth-order valence-corrected chi connectivity index (χ4v) is 3.14. The first-order valence-electron chi connectivity index (χ1n) is 8.09. The van der Waals surface area contributed by atoms with Gasteiger partial charge in [-0.1, -0.05) is 17.7 Å². The van der Waals surface area contributed by atoms with Crippen LogP contribution in [0.1, 0.15) is 23.2 Å². The molecule has 130 valence electrons. The summed E-state index contributed by atoms with van der Waals surface area (Å²) in [4.78, 5) is 24.5. The van der Waals surface area contributed by atoms with Crippen molar-refractivity contribution in [3.05, 3.63) is 69.2 Å². The van der Waals surface area contributed by atoms with Crippen molar-refractivity contribution in [1.82, 2.24) is 4.90 Å². The lowest BCUT2D eigenvalue weighted by Crippen LogP contribution is -2.42. The Hall–Kier alpha value is -2.60. The third kappa shape index (κ3) is 4.28. The Balaban J connectivity index is 1.56. The maximum Gasteiger partial charge on any atom is 0.269 e. The fraction of sp³-hybridized carbons (Fsp3) is 0.278. The number of nitrogens with one attached hydrogen (secondary N) is 1. The van der Waals surface area contributed by atoms with Crippen LogP contribution in [0.5, 0.6) is 0 Å². The van der Waals surface area contributed by atoms with Gasteiger partial charge in [0.2, 0.25) is 0 Å². The Morgan fingerprint density at radius 1 is 1.16 bits per heavy atom. The molecule has 1 fully saturated rings. The van der Waals surface area contributed by atoms with E-state index in [1.165, 1.54) is 24.3 Å². The van der Waals surface area contributed by atoms with Gasteiger partial charge in [0.25, 0.3) is 11.6 Å². The first-order valence-corrected chi connectivity index (χ1v) is 8.46. The lowest BCUT2D eigenvalue weighted by atomic mass is 10.0. The van der Waals surface area contributed by atoms with Gasteiger partial charge < -0.3 is 10.2 Å². The summed E-state index contributed by atoms with van der Waals surface area (Å²) >= 11 is 5.99. The van der Waals surface area contributed by atoms with Gasteiger partial charge in [-0.2, -0.15) is 0 Å². The number of anilines is 1. The molecule has 0 atom stereocenters. The van der Waals surface area contributed by atoms with E-state index >= 15 is 0 Å². The number of benzene rings is 2. The Morgan fingerprint density at radius 2 is 1.84 bits per heavy atom. The van der Waals surface area contributed by atoms with E-state index in [9.17, 15) is 14.9 Å². The molecule has 0 bridgehead atoms. The van der Waals surface area contributed by atoms with Crippen molar-refractivity contribution < 1.29 is 9.72 Å². The molecule has 25 heavy (non-hydrogen) atoms. The van der Waals surface area contributed by atoms with Crippen LogP contribution in [-0.4, -0.2) is 34.9 Å². The number of amides is 1. The van der Waals surface area contributed by atoms with Crippen molar-refractivity contribution in [3.8, 4) is 0 Å². The maximum absolute atomic E-state index is 12.5. The molecule has 1 heterocycles. The van der Waals surface area contributed by atoms with Crippen molar-refractivity contribution >= 4 is 28.9 Å². The highest BCUT2D eigenvalue weighted by Crippen LogP contribution is 2.21. The van der Waals surface area contributed by atoms with Crippen LogP contribution in [0.25, 0.3) is 0 Å². The number of nitro groups is 1. The number of carbonyl (C=O) groups is 1. The molecular formula is C18H18ClN3O3. The predicted molar refractivity (Wildman–Crippen MR) is 97.1 cm³/mol. The van der Waals surface area contributed by atoms with Crippen molar-refractivity contribution in [2.24, 2.45) is 0 Å². The van der Waals surface area contributed by atoms with E-state index in [0.717, 1.165) is 18.5 Å². The second kappa shape index (κ2) is 7.53. The third-order valence-corrected chi connectivity index (χ3v) is 4.54. The number of nitro benzene ring substituents is 1. The van der Waals surface area contributed by atoms with E-state index in [1.54, 1.807) is 4.90 Å². The number of halogens is 1. The van der Waals surface area contributed by atoms with E-state index in [2.05, 4.69) is 5.32 Å². The molecule has 2 aromatic rings. The minimum atomic E-state index is -0.471. The molecule has 0 saturated carbocycles. The molecule has 1 aliphatic heterocycles. The second-order valence-corrected chi connectivity index (χ2v) is 6.46. The summed E-state index contributed by atoms with van der Waals surface area (Å²) in [5.41, 5.74) is 1.44. The largest absolute Gasteiger partial charge is 0.382 e.